The maximum absolute atomic E-state index is 17.2. The van der Waals surface area contributed by atoms with Gasteiger partial charge in [0.15, 0.2) is 10.9 Å². The number of likely N-dealkylation sites (tertiary alicyclic amines) is 1. The molecule has 2 aromatic carbocycles. The molecule has 3 aliphatic rings. The van der Waals surface area contributed by atoms with Crippen LogP contribution in [-0.2, 0) is 4.79 Å². The highest BCUT2D eigenvalue weighted by atomic mass is 32.1. The molecule has 3 saturated heterocycles. The second kappa shape index (κ2) is 11.0. The Kier molecular flexibility index (Phi) is 6.91. The molecule has 0 aliphatic carbocycles. The van der Waals surface area contributed by atoms with Gasteiger partial charge in [0.25, 0.3) is 0 Å². The molecule has 3 fully saturated rings. The van der Waals surface area contributed by atoms with Gasteiger partial charge >= 0.3 is 6.01 Å². The predicted molar refractivity (Wildman–Crippen MR) is 173 cm³/mol. The van der Waals surface area contributed by atoms with E-state index in [1.165, 1.54) is 30.7 Å². The number of anilines is 2. The molecule has 10 nitrogen and oxygen atoms in total. The van der Waals surface area contributed by atoms with E-state index in [1.807, 2.05) is 0 Å². The summed E-state index contributed by atoms with van der Waals surface area (Å²) in [6.45, 7) is 6.94. The molecule has 1 amide bonds. The highest BCUT2D eigenvalue weighted by Crippen LogP contribution is 2.45. The molecule has 3 aliphatic heterocycles. The van der Waals surface area contributed by atoms with Crippen molar-refractivity contribution in [2.45, 2.75) is 37.3 Å². The van der Waals surface area contributed by atoms with Crippen molar-refractivity contribution in [3.05, 3.63) is 61.1 Å². The first kappa shape index (κ1) is 28.8. The fourth-order valence-corrected chi connectivity index (χ4v) is 7.98. The number of carbonyl (C=O) groups is 1. The summed E-state index contributed by atoms with van der Waals surface area (Å²) in [4.78, 5) is 30.0. The summed E-state index contributed by atoms with van der Waals surface area (Å²) >= 11 is 1.01. The number of rotatable bonds is 8. The second-order valence-corrected chi connectivity index (χ2v) is 13.2. The molecule has 0 atom stereocenters. The van der Waals surface area contributed by atoms with Crippen LogP contribution in [-0.4, -0.2) is 75.0 Å². The van der Waals surface area contributed by atoms with E-state index in [9.17, 15) is 9.18 Å². The number of hydrogen-bond donors (Lipinski definition) is 2. The summed E-state index contributed by atoms with van der Waals surface area (Å²) in [5.74, 6) is -0.889. The summed E-state index contributed by atoms with van der Waals surface area (Å²) in [6, 6.07) is 6.27. The molecule has 0 saturated carbocycles. The SMILES string of the molecule is C=CC(=O)N1CC(Nc2nc(OCC34CCCN3CCC4)nc3c(F)c(-c4ccc(F)c5sc(N)nc45)c(-c4ccoc4)cc23)C1. The Hall–Kier alpha value is -4.62. The monoisotopic (exact) mass is 643 g/mol. The summed E-state index contributed by atoms with van der Waals surface area (Å²) in [5.41, 5.74) is 7.88. The molecule has 13 heteroatoms. The molecule has 0 unspecified atom stereocenters. The standard InChI is InChI=1S/C33H31F2N7O3S/c1-2-24(43)41-14-19(15-41)37-30-22-13-21(18-7-12-44-16-18)25(20-5-6-23(34)29-28(20)38-31(36)46-29)26(35)27(22)39-32(40-30)45-17-33-8-3-10-42(33)11-4-9-33/h2,5-7,12-13,16,19H,1,3-4,8-11,14-15,17H2,(H2,36,38)(H,37,39,40). The summed E-state index contributed by atoms with van der Waals surface area (Å²) in [6.07, 6.45) is 8.59. The number of nitrogens with two attached hydrogens (primary N) is 1. The fraction of sp³-hybridized carbons (Fsp3) is 0.333. The van der Waals surface area contributed by atoms with Gasteiger partial charge in [-0.2, -0.15) is 9.97 Å². The molecule has 236 valence electrons. The molecule has 6 heterocycles. The van der Waals surface area contributed by atoms with E-state index in [0.717, 1.165) is 50.1 Å². The molecule has 3 aromatic heterocycles. The average molecular weight is 644 g/mol. The molecule has 0 bridgehead atoms. The van der Waals surface area contributed by atoms with Crippen LogP contribution >= 0.6 is 11.3 Å². The van der Waals surface area contributed by atoms with E-state index in [4.69, 9.17) is 19.9 Å². The minimum absolute atomic E-state index is 0.0426. The lowest BCUT2D eigenvalue weighted by molar-refractivity contribution is -0.129. The van der Waals surface area contributed by atoms with Crippen LogP contribution in [0.4, 0.5) is 19.7 Å². The number of benzene rings is 2. The lowest BCUT2D eigenvalue weighted by atomic mass is 9.92. The maximum Gasteiger partial charge on any atom is 0.319 e. The number of nitrogen functional groups attached to an aromatic ring is 1. The van der Waals surface area contributed by atoms with Crippen molar-refractivity contribution in [3.63, 3.8) is 0 Å². The van der Waals surface area contributed by atoms with Crippen molar-refractivity contribution in [1.29, 1.82) is 0 Å². The Morgan fingerprint density at radius 2 is 1.96 bits per heavy atom. The number of furan rings is 1. The van der Waals surface area contributed by atoms with Crippen LogP contribution in [0.15, 0.2) is 53.9 Å². The molecular weight excluding hydrogens is 612 g/mol. The Morgan fingerprint density at radius 1 is 1.15 bits per heavy atom. The number of halogens is 2. The van der Waals surface area contributed by atoms with Crippen LogP contribution in [0.5, 0.6) is 6.01 Å². The highest BCUT2D eigenvalue weighted by Gasteiger charge is 2.45. The van der Waals surface area contributed by atoms with Gasteiger partial charge in [0.1, 0.15) is 23.8 Å². The van der Waals surface area contributed by atoms with Gasteiger partial charge in [-0.3, -0.25) is 9.69 Å². The molecule has 0 radical (unpaired) electrons. The zero-order valence-electron chi connectivity index (χ0n) is 24.9. The number of aromatic nitrogens is 3. The number of amides is 1. The fourth-order valence-electron chi connectivity index (χ4n) is 7.22. The molecule has 0 spiro atoms. The van der Waals surface area contributed by atoms with E-state index >= 15 is 4.39 Å². The van der Waals surface area contributed by atoms with E-state index in [-0.39, 0.29) is 49.9 Å². The van der Waals surface area contributed by atoms with Gasteiger partial charge < -0.3 is 25.1 Å². The molecular formula is C33H31F2N7O3S. The molecule has 46 heavy (non-hydrogen) atoms. The first-order chi connectivity index (χ1) is 22.3. The quantitative estimate of drug-likeness (QED) is 0.201. The number of nitrogens with zero attached hydrogens (tertiary/aromatic N) is 5. The van der Waals surface area contributed by atoms with Gasteiger partial charge in [-0.25, -0.2) is 13.8 Å². The van der Waals surface area contributed by atoms with Crippen LogP contribution in [0.25, 0.3) is 43.4 Å². The largest absolute Gasteiger partial charge is 0.472 e. The number of thiazole rings is 1. The van der Waals surface area contributed by atoms with E-state index in [1.54, 1.807) is 17.0 Å². The number of hydrogen-bond acceptors (Lipinski definition) is 10. The van der Waals surface area contributed by atoms with Crippen molar-refractivity contribution in [3.8, 4) is 28.3 Å². The maximum atomic E-state index is 17.2. The Balaban J connectivity index is 1.29. The molecule has 5 aromatic rings. The number of nitrogens with one attached hydrogen (secondary N) is 1. The van der Waals surface area contributed by atoms with Crippen molar-refractivity contribution >= 4 is 49.3 Å². The zero-order valence-corrected chi connectivity index (χ0v) is 25.7. The molecule has 8 rings (SSSR count). The number of ether oxygens (including phenoxy) is 1. The van der Waals surface area contributed by atoms with E-state index in [2.05, 4.69) is 26.8 Å². The normalized spacial score (nSPS) is 17.8. The topological polar surface area (TPSA) is 123 Å². The van der Waals surface area contributed by atoms with Gasteiger partial charge in [0.2, 0.25) is 5.91 Å². The lowest BCUT2D eigenvalue weighted by Gasteiger charge is -2.39. The minimum Gasteiger partial charge on any atom is -0.472 e. The number of fused-ring (bicyclic) bond motifs is 3. The van der Waals surface area contributed by atoms with Crippen LogP contribution in [0.3, 0.4) is 0 Å². The third kappa shape index (κ3) is 4.68. The lowest BCUT2D eigenvalue weighted by Crippen LogP contribution is -2.56. The van der Waals surface area contributed by atoms with Crippen molar-refractivity contribution in [2.75, 3.05) is 43.8 Å². The summed E-state index contributed by atoms with van der Waals surface area (Å²) in [5, 5.41) is 4.01. The van der Waals surface area contributed by atoms with E-state index < -0.39 is 11.6 Å². The Bertz CT molecular complexity index is 2000. The van der Waals surface area contributed by atoms with Crippen molar-refractivity contribution in [2.24, 2.45) is 0 Å². The van der Waals surface area contributed by atoms with Gasteiger partial charge in [-0.05, 0) is 74.7 Å². The summed E-state index contributed by atoms with van der Waals surface area (Å²) < 4.78 is 43.9. The van der Waals surface area contributed by atoms with Gasteiger partial charge in [-0.1, -0.05) is 17.9 Å². The van der Waals surface area contributed by atoms with Crippen molar-refractivity contribution < 1.29 is 22.7 Å². The average Bonchev–Trinajstić information content (AvgIpc) is 3.83. The summed E-state index contributed by atoms with van der Waals surface area (Å²) in [7, 11) is 0. The zero-order chi connectivity index (χ0) is 31.6. The van der Waals surface area contributed by atoms with Crippen LogP contribution in [0.1, 0.15) is 25.7 Å². The smallest absolute Gasteiger partial charge is 0.319 e. The van der Waals surface area contributed by atoms with E-state index in [0.29, 0.717) is 47.6 Å². The van der Waals surface area contributed by atoms with Crippen molar-refractivity contribution in [1.82, 2.24) is 24.8 Å². The van der Waals surface area contributed by atoms with Crippen LogP contribution in [0.2, 0.25) is 0 Å². The van der Waals surface area contributed by atoms with Gasteiger partial charge in [-0.15, -0.1) is 0 Å². The molecule has 3 N–H and O–H groups in total. The highest BCUT2D eigenvalue weighted by molar-refractivity contribution is 7.22. The van der Waals surface area contributed by atoms with Crippen LogP contribution in [0, 0.1) is 11.6 Å². The van der Waals surface area contributed by atoms with Crippen LogP contribution < -0.4 is 15.8 Å². The van der Waals surface area contributed by atoms with Gasteiger partial charge in [0, 0.05) is 35.2 Å². The number of carbonyl (C=O) groups excluding carboxylic acids is 1. The third-order valence-corrected chi connectivity index (χ3v) is 10.4. The minimum atomic E-state index is -0.637. The Morgan fingerprint density at radius 3 is 2.70 bits per heavy atom. The predicted octanol–water partition coefficient (Wildman–Crippen LogP) is 5.84. The first-order valence-electron chi connectivity index (χ1n) is 15.3. The first-order valence-corrected chi connectivity index (χ1v) is 16.1. The Labute approximate surface area is 266 Å². The third-order valence-electron chi connectivity index (χ3n) is 9.51. The van der Waals surface area contributed by atoms with Gasteiger partial charge in [0.05, 0.1) is 34.3 Å². The second-order valence-electron chi connectivity index (χ2n) is 12.2.